The zero-order valence-corrected chi connectivity index (χ0v) is 44.9. The topological polar surface area (TPSA) is 223 Å². The number of aliphatic hydroxyl groups is 1. The number of alkyl halides is 1. The van der Waals surface area contributed by atoms with Gasteiger partial charge in [-0.2, -0.15) is 25.3 Å². The second-order valence-electron chi connectivity index (χ2n) is 15.6. The third-order valence-corrected chi connectivity index (χ3v) is 14.7. The Kier molecular flexibility index (Phi) is 25.5. The van der Waals surface area contributed by atoms with Gasteiger partial charge >= 0.3 is 30.4 Å². The Morgan fingerprint density at radius 3 is 0.987 bits per heavy atom. The fourth-order valence-electron chi connectivity index (χ4n) is 6.70. The van der Waals surface area contributed by atoms with E-state index in [1.807, 2.05) is 20.8 Å². The van der Waals surface area contributed by atoms with Gasteiger partial charge in [0.2, 0.25) is 17.2 Å². The molecule has 6 aromatic rings. The number of methoxy groups -OCH3 is 6. The van der Waals surface area contributed by atoms with E-state index in [0.29, 0.717) is 40.0 Å². The third kappa shape index (κ3) is 15.9. The van der Waals surface area contributed by atoms with Crippen molar-refractivity contribution in [1.82, 2.24) is 0 Å². The van der Waals surface area contributed by atoms with Crippen molar-refractivity contribution in [2.24, 2.45) is 0 Å². The van der Waals surface area contributed by atoms with Crippen LogP contribution in [0.15, 0.2) is 106 Å². The molecule has 0 saturated carbocycles. The Morgan fingerprint density at radius 1 is 0.427 bits per heavy atom. The predicted molar refractivity (Wildman–Crippen MR) is 291 cm³/mol. The molecule has 6 aromatic carbocycles. The lowest BCUT2D eigenvalue weighted by atomic mass is 10.1. The first kappa shape index (κ1) is 66.3. The number of benzene rings is 6. The van der Waals surface area contributed by atoms with E-state index in [1.165, 1.54) is 79.1 Å². The first-order valence-corrected chi connectivity index (χ1v) is 26.2. The van der Waals surface area contributed by atoms with Crippen LogP contribution in [0.4, 0.5) is 0 Å². The molecule has 0 aliphatic heterocycles. The number of aldehydes is 1. The standard InChI is InChI=1S/C17H19ClO5S.C17H20O6S.C17H18O6S.3CH4/c3*1-11-5-7-13(8-6-11)24(19,20)23-16-14(10-18)12(2)9-15(21-3)17(16)22-4;;;/h5-9H,10H2,1-4H3;5-9,18H,10H2,1-4H3;5-10H,1-4H3;3*1H4. The highest BCUT2D eigenvalue weighted by Crippen LogP contribution is 2.46. The number of ether oxygens (including phenoxy) is 6. The number of rotatable bonds is 18. The summed E-state index contributed by atoms with van der Waals surface area (Å²) < 4.78 is 123. The molecule has 0 fully saturated rings. The van der Waals surface area contributed by atoms with Crippen LogP contribution in [0.5, 0.6) is 51.7 Å². The van der Waals surface area contributed by atoms with Crippen LogP contribution in [0.3, 0.4) is 0 Å². The summed E-state index contributed by atoms with van der Waals surface area (Å²) in [5, 5.41) is 9.62. The van der Waals surface area contributed by atoms with Gasteiger partial charge in [-0.05, 0) is 113 Å². The molecule has 0 aliphatic carbocycles. The van der Waals surface area contributed by atoms with Crippen LogP contribution >= 0.6 is 11.6 Å². The fourth-order valence-corrected chi connectivity index (χ4v) is 9.90. The number of carbonyl (C=O) groups is 1. The Balaban J connectivity index is 0.000000551. The zero-order chi connectivity index (χ0) is 53.7. The molecule has 0 aliphatic rings. The van der Waals surface area contributed by atoms with Crippen LogP contribution < -0.4 is 41.0 Å². The van der Waals surface area contributed by atoms with Crippen molar-refractivity contribution in [2.45, 2.75) is 91.0 Å². The summed E-state index contributed by atoms with van der Waals surface area (Å²) in [6.07, 6.45) is 0.525. The Labute approximate surface area is 448 Å². The molecule has 0 spiro atoms. The molecule has 0 amide bonds. The van der Waals surface area contributed by atoms with Crippen molar-refractivity contribution < 1.29 is 76.1 Å². The number of hydrogen-bond acceptors (Lipinski definition) is 17. The molecular formula is C54H69ClO17S3. The molecule has 412 valence electrons. The maximum absolute atomic E-state index is 12.6. The second kappa shape index (κ2) is 28.8. The van der Waals surface area contributed by atoms with E-state index in [0.717, 1.165) is 22.3 Å². The minimum absolute atomic E-state index is 0. The van der Waals surface area contributed by atoms with Gasteiger partial charge in [0, 0.05) is 11.1 Å². The summed E-state index contributed by atoms with van der Waals surface area (Å²) in [4.78, 5) is 11.5. The summed E-state index contributed by atoms with van der Waals surface area (Å²) in [6.45, 7) is 10.3. The van der Waals surface area contributed by atoms with Crippen LogP contribution in [0, 0.1) is 41.5 Å². The first-order valence-electron chi connectivity index (χ1n) is 21.4. The van der Waals surface area contributed by atoms with Crippen molar-refractivity contribution >= 4 is 48.2 Å². The van der Waals surface area contributed by atoms with Gasteiger partial charge in [0.05, 0.1) is 60.7 Å². The lowest BCUT2D eigenvalue weighted by molar-refractivity contribution is 0.112. The number of aryl methyl sites for hydroxylation is 6. The van der Waals surface area contributed by atoms with Crippen LogP contribution in [-0.2, 0) is 42.8 Å². The molecular weight excluding hydrogens is 1050 g/mol. The lowest BCUT2D eigenvalue weighted by Gasteiger charge is -2.18. The highest BCUT2D eigenvalue weighted by atomic mass is 35.5. The molecule has 75 heavy (non-hydrogen) atoms. The number of carbonyl (C=O) groups excluding carboxylic acids is 1. The number of aliphatic hydroxyl groups excluding tert-OH is 1. The van der Waals surface area contributed by atoms with Gasteiger partial charge in [-0.3, -0.25) is 4.79 Å². The van der Waals surface area contributed by atoms with Gasteiger partial charge in [-0.15, -0.1) is 11.6 Å². The maximum Gasteiger partial charge on any atom is 0.339 e. The Bertz CT molecular complexity index is 3050. The SMILES string of the molecule is C.C.C.COc1cc(C)c(C=O)c(OS(=O)(=O)c2ccc(C)cc2)c1OC.COc1cc(C)c(CCl)c(OS(=O)(=O)c2ccc(C)cc2)c1OC.COc1cc(C)c(CO)c(OS(=O)(=O)c2ccc(C)cc2)c1OC. The molecule has 6 rings (SSSR count). The van der Waals surface area contributed by atoms with Crippen molar-refractivity contribution in [3.05, 3.63) is 141 Å². The third-order valence-electron chi connectivity index (χ3n) is 10.7. The fraction of sp³-hybridized carbons (Fsp3) is 0.315. The molecule has 0 atom stereocenters. The van der Waals surface area contributed by atoms with Crippen LogP contribution in [0.2, 0.25) is 0 Å². The van der Waals surface area contributed by atoms with Gasteiger partial charge in [-0.25, -0.2) is 0 Å². The molecule has 0 bridgehead atoms. The molecule has 0 unspecified atom stereocenters. The monoisotopic (exact) mass is 1120 g/mol. The Morgan fingerprint density at radius 2 is 0.707 bits per heavy atom. The molecule has 0 aromatic heterocycles. The maximum atomic E-state index is 12.6. The summed E-state index contributed by atoms with van der Waals surface area (Å²) in [6, 6.07) is 23.8. The molecule has 0 saturated heterocycles. The summed E-state index contributed by atoms with van der Waals surface area (Å²) in [7, 11) is -3.80. The number of hydrogen-bond donors (Lipinski definition) is 1. The van der Waals surface area contributed by atoms with Crippen LogP contribution in [0.25, 0.3) is 0 Å². The average molecular weight is 1120 g/mol. The van der Waals surface area contributed by atoms with Crippen LogP contribution in [0.1, 0.15) is 77.1 Å². The van der Waals surface area contributed by atoms with Gasteiger partial charge in [0.15, 0.2) is 40.8 Å². The van der Waals surface area contributed by atoms with E-state index in [9.17, 15) is 35.2 Å². The van der Waals surface area contributed by atoms with E-state index in [2.05, 4.69) is 0 Å². The highest BCUT2D eigenvalue weighted by molar-refractivity contribution is 7.87. The zero-order valence-electron chi connectivity index (χ0n) is 41.7. The van der Waals surface area contributed by atoms with Crippen molar-refractivity contribution in [3.63, 3.8) is 0 Å². The largest absolute Gasteiger partial charge is 0.493 e. The van der Waals surface area contributed by atoms with Crippen molar-refractivity contribution in [2.75, 3.05) is 42.7 Å². The molecule has 17 nitrogen and oxygen atoms in total. The van der Waals surface area contributed by atoms with Gasteiger partial charge in [0.25, 0.3) is 0 Å². The van der Waals surface area contributed by atoms with E-state index >= 15 is 0 Å². The molecule has 1 N–H and O–H groups in total. The molecule has 0 radical (unpaired) electrons. The lowest BCUT2D eigenvalue weighted by Crippen LogP contribution is -2.13. The first-order chi connectivity index (χ1) is 34.0. The van der Waals surface area contributed by atoms with Crippen LogP contribution in [-0.4, -0.2) is 79.3 Å². The van der Waals surface area contributed by atoms with E-state index in [4.69, 9.17) is 52.6 Å². The molecule has 21 heteroatoms. The van der Waals surface area contributed by atoms with E-state index in [-0.39, 0.29) is 88.7 Å². The highest BCUT2D eigenvalue weighted by Gasteiger charge is 2.29. The predicted octanol–water partition coefficient (Wildman–Crippen LogP) is 11.2. The smallest absolute Gasteiger partial charge is 0.339 e. The number of halogens is 1. The van der Waals surface area contributed by atoms with Gasteiger partial charge in [-0.1, -0.05) is 75.4 Å². The molecule has 0 heterocycles. The van der Waals surface area contributed by atoms with Crippen molar-refractivity contribution in [3.8, 4) is 51.7 Å². The summed E-state index contributed by atoms with van der Waals surface area (Å²) in [5.74, 6) is 1.17. The van der Waals surface area contributed by atoms with Gasteiger partial charge in [0.1, 0.15) is 14.7 Å². The van der Waals surface area contributed by atoms with E-state index in [1.54, 1.807) is 75.4 Å². The van der Waals surface area contributed by atoms with Crippen molar-refractivity contribution in [1.29, 1.82) is 0 Å². The second-order valence-corrected chi connectivity index (χ2v) is 20.5. The summed E-state index contributed by atoms with van der Waals surface area (Å²) in [5.41, 5.74) is 5.62. The summed E-state index contributed by atoms with van der Waals surface area (Å²) >= 11 is 5.99. The quantitative estimate of drug-likeness (QED) is 0.0480. The van der Waals surface area contributed by atoms with Gasteiger partial charge < -0.3 is 46.1 Å². The minimum atomic E-state index is -4.13. The Hall–Kier alpha value is -6.71. The van der Waals surface area contributed by atoms with E-state index < -0.39 is 37.0 Å². The normalized spacial score (nSPS) is 10.7. The minimum Gasteiger partial charge on any atom is -0.493 e. The average Bonchev–Trinajstić information content (AvgIpc) is 3.34.